The SMILES string of the molecule is Cc1ccc(-c2nc(C(C)CCN)cs2)o1. The molecule has 2 N–H and O–H groups in total. The van der Waals surface area contributed by atoms with Crippen LogP contribution in [0.15, 0.2) is 21.9 Å². The Morgan fingerprint density at radius 3 is 2.94 bits per heavy atom. The van der Waals surface area contributed by atoms with E-state index in [1.807, 2.05) is 19.1 Å². The molecule has 0 aromatic carbocycles. The highest BCUT2D eigenvalue weighted by Gasteiger charge is 2.12. The summed E-state index contributed by atoms with van der Waals surface area (Å²) in [5, 5.41) is 3.04. The van der Waals surface area contributed by atoms with E-state index >= 15 is 0 Å². The lowest BCUT2D eigenvalue weighted by molar-refractivity contribution is 0.547. The fraction of sp³-hybridized carbons (Fsp3) is 0.417. The molecule has 16 heavy (non-hydrogen) atoms. The Balaban J connectivity index is 2.19. The van der Waals surface area contributed by atoms with Crippen molar-refractivity contribution < 1.29 is 4.42 Å². The van der Waals surface area contributed by atoms with Crippen molar-refractivity contribution in [3.63, 3.8) is 0 Å². The first-order chi connectivity index (χ1) is 7.70. The van der Waals surface area contributed by atoms with Crippen molar-refractivity contribution in [3.8, 4) is 10.8 Å². The smallest absolute Gasteiger partial charge is 0.162 e. The van der Waals surface area contributed by atoms with Gasteiger partial charge in [0, 0.05) is 11.3 Å². The van der Waals surface area contributed by atoms with Crippen LogP contribution in [0.1, 0.15) is 30.7 Å². The summed E-state index contributed by atoms with van der Waals surface area (Å²) in [7, 11) is 0. The maximum Gasteiger partial charge on any atom is 0.162 e. The number of nitrogens with zero attached hydrogens (tertiary/aromatic N) is 1. The Morgan fingerprint density at radius 1 is 1.50 bits per heavy atom. The molecule has 0 aliphatic carbocycles. The van der Waals surface area contributed by atoms with E-state index < -0.39 is 0 Å². The van der Waals surface area contributed by atoms with Crippen LogP contribution in [0, 0.1) is 6.92 Å². The number of thiazole rings is 1. The van der Waals surface area contributed by atoms with Gasteiger partial charge in [0.15, 0.2) is 10.8 Å². The van der Waals surface area contributed by atoms with Crippen molar-refractivity contribution in [2.75, 3.05) is 6.54 Å². The molecule has 2 rings (SSSR count). The molecule has 86 valence electrons. The average Bonchev–Trinajstić information content (AvgIpc) is 2.85. The van der Waals surface area contributed by atoms with Crippen LogP contribution in [0.25, 0.3) is 10.8 Å². The van der Waals surface area contributed by atoms with Crippen molar-refractivity contribution in [1.82, 2.24) is 4.98 Å². The van der Waals surface area contributed by atoms with Gasteiger partial charge in [0.1, 0.15) is 5.76 Å². The Labute approximate surface area is 99.3 Å². The summed E-state index contributed by atoms with van der Waals surface area (Å²) in [6, 6.07) is 3.92. The van der Waals surface area contributed by atoms with Crippen LogP contribution in [0.4, 0.5) is 0 Å². The summed E-state index contributed by atoms with van der Waals surface area (Å²) >= 11 is 1.62. The normalized spacial score (nSPS) is 12.9. The summed E-state index contributed by atoms with van der Waals surface area (Å²) < 4.78 is 5.55. The van der Waals surface area contributed by atoms with Gasteiger partial charge in [-0.15, -0.1) is 11.3 Å². The minimum Gasteiger partial charge on any atom is -0.459 e. The first-order valence-electron chi connectivity index (χ1n) is 5.43. The quantitative estimate of drug-likeness (QED) is 0.887. The van der Waals surface area contributed by atoms with Gasteiger partial charge < -0.3 is 10.2 Å². The zero-order valence-corrected chi connectivity index (χ0v) is 10.4. The number of furan rings is 1. The molecule has 0 saturated heterocycles. The Bertz CT molecular complexity index is 461. The van der Waals surface area contributed by atoms with Gasteiger partial charge in [-0.05, 0) is 32.0 Å². The van der Waals surface area contributed by atoms with E-state index in [0.717, 1.165) is 28.6 Å². The Kier molecular flexibility index (Phi) is 3.41. The maximum atomic E-state index is 5.55. The fourth-order valence-corrected chi connectivity index (χ4v) is 2.47. The highest BCUT2D eigenvalue weighted by atomic mass is 32.1. The standard InChI is InChI=1S/C12H16N2OS/c1-8(5-6-13)10-7-16-12(14-10)11-4-3-9(2)15-11/h3-4,7-8H,5-6,13H2,1-2H3. The van der Waals surface area contributed by atoms with Crippen LogP contribution < -0.4 is 5.73 Å². The molecule has 0 spiro atoms. The van der Waals surface area contributed by atoms with Crippen molar-refractivity contribution in [3.05, 3.63) is 29.0 Å². The number of hydrogen-bond donors (Lipinski definition) is 1. The molecule has 0 saturated carbocycles. The van der Waals surface area contributed by atoms with Gasteiger partial charge in [-0.25, -0.2) is 4.98 Å². The Morgan fingerprint density at radius 2 is 2.31 bits per heavy atom. The molecule has 2 aromatic rings. The molecule has 1 atom stereocenters. The molecule has 0 radical (unpaired) electrons. The molecule has 2 aromatic heterocycles. The van der Waals surface area contributed by atoms with E-state index in [9.17, 15) is 0 Å². The lowest BCUT2D eigenvalue weighted by Crippen LogP contribution is -2.04. The molecule has 0 aliphatic heterocycles. The molecular weight excluding hydrogens is 220 g/mol. The first kappa shape index (κ1) is 11.4. The minimum absolute atomic E-state index is 0.422. The van der Waals surface area contributed by atoms with Gasteiger partial charge in [-0.2, -0.15) is 0 Å². The predicted octanol–water partition coefficient (Wildman–Crippen LogP) is 3.16. The van der Waals surface area contributed by atoms with Crippen molar-refractivity contribution in [2.45, 2.75) is 26.2 Å². The minimum atomic E-state index is 0.422. The lowest BCUT2D eigenvalue weighted by Gasteiger charge is -2.04. The van der Waals surface area contributed by atoms with Crippen LogP contribution in [0.3, 0.4) is 0 Å². The van der Waals surface area contributed by atoms with Crippen LogP contribution >= 0.6 is 11.3 Å². The van der Waals surface area contributed by atoms with Crippen LogP contribution in [0.2, 0.25) is 0 Å². The maximum absolute atomic E-state index is 5.55. The van der Waals surface area contributed by atoms with Gasteiger partial charge in [-0.3, -0.25) is 0 Å². The van der Waals surface area contributed by atoms with E-state index in [1.54, 1.807) is 11.3 Å². The van der Waals surface area contributed by atoms with Crippen LogP contribution in [-0.2, 0) is 0 Å². The third kappa shape index (κ3) is 2.33. The zero-order chi connectivity index (χ0) is 11.5. The van der Waals surface area contributed by atoms with Gasteiger partial charge in [0.25, 0.3) is 0 Å². The summed E-state index contributed by atoms with van der Waals surface area (Å²) in [5.41, 5.74) is 6.66. The van der Waals surface area contributed by atoms with E-state index in [0.29, 0.717) is 12.5 Å². The predicted molar refractivity (Wildman–Crippen MR) is 66.6 cm³/mol. The molecule has 1 unspecified atom stereocenters. The highest BCUT2D eigenvalue weighted by molar-refractivity contribution is 7.13. The van der Waals surface area contributed by atoms with E-state index in [1.165, 1.54) is 0 Å². The number of aryl methyl sites for hydroxylation is 1. The second kappa shape index (κ2) is 4.80. The molecule has 4 heteroatoms. The highest BCUT2D eigenvalue weighted by Crippen LogP contribution is 2.29. The van der Waals surface area contributed by atoms with E-state index in [4.69, 9.17) is 10.2 Å². The monoisotopic (exact) mass is 236 g/mol. The first-order valence-corrected chi connectivity index (χ1v) is 6.31. The molecule has 0 bridgehead atoms. The average molecular weight is 236 g/mol. The molecule has 3 nitrogen and oxygen atoms in total. The van der Waals surface area contributed by atoms with Crippen molar-refractivity contribution in [2.24, 2.45) is 5.73 Å². The Hall–Kier alpha value is -1.13. The molecule has 2 heterocycles. The summed E-state index contributed by atoms with van der Waals surface area (Å²) in [5.74, 6) is 2.20. The van der Waals surface area contributed by atoms with E-state index in [-0.39, 0.29) is 0 Å². The largest absolute Gasteiger partial charge is 0.459 e. The summed E-state index contributed by atoms with van der Waals surface area (Å²) in [4.78, 5) is 4.58. The second-order valence-electron chi connectivity index (χ2n) is 3.97. The van der Waals surface area contributed by atoms with E-state index in [2.05, 4.69) is 17.3 Å². The van der Waals surface area contributed by atoms with Gasteiger partial charge in [0.05, 0.1) is 5.69 Å². The fourth-order valence-electron chi connectivity index (χ4n) is 1.57. The number of aromatic nitrogens is 1. The summed E-state index contributed by atoms with van der Waals surface area (Å²) in [6.07, 6.45) is 0.973. The van der Waals surface area contributed by atoms with Crippen molar-refractivity contribution >= 4 is 11.3 Å². The van der Waals surface area contributed by atoms with Gasteiger partial charge >= 0.3 is 0 Å². The van der Waals surface area contributed by atoms with Gasteiger partial charge in [-0.1, -0.05) is 6.92 Å². The lowest BCUT2D eigenvalue weighted by atomic mass is 10.1. The molecule has 0 aliphatic rings. The zero-order valence-electron chi connectivity index (χ0n) is 9.56. The third-order valence-electron chi connectivity index (χ3n) is 2.58. The number of nitrogens with two attached hydrogens (primary N) is 1. The second-order valence-corrected chi connectivity index (χ2v) is 4.82. The summed E-state index contributed by atoms with van der Waals surface area (Å²) in [6.45, 7) is 4.79. The van der Waals surface area contributed by atoms with Crippen LogP contribution in [0.5, 0.6) is 0 Å². The molecule has 0 amide bonds. The topological polar surface area (TPSA) is 52.0 Å². The van der Waals surface area contributed by atoms with Crippen molar-refractivity contribution in [1.29, 1.82) is 0 Å². The number of hydrogen-bond acceptors (Lipinski definition) is 4. The molecule has 0 fully saturated rings. The molecular formula is C12H16N2OS. The van der Waals surface area contributed by atoms with Crippen LogP contribution in [-0.4, -0.2) is 11.5 Å². The number of rotatable bonds is 4. The third-order valence-corrected chi connectivity index (χ3v) is 3.45. The van der Waals surface area contributed by atoms with Gasteiger partial charge in [0.2, 0.25) is 0 Å².